The number of piperidine rings is 1. The Morgan fingerprint density at radius 1 is 1.17 bits per heavy atom. The van der Waals surface area contributed by atoms with Crippen LogP contribution in [0.1, 0.15) is 19.3 Å². The first kappa shape index (κ1) is 21.1. The molecule has 1 aromatic rings. The number of sulfonamides is 1. The molecule has 7 nitrogen and oxygen atoms in total. The van der Waals surface area contributed by atoms with Crippen molar-refractivity contribution in [2.24, 2.45) is 5.41 Å². The third-order valence-electron chi connectivity index (χ3n) is 6.91. The zero-order valence-corrected chi connectivity index (χ0v) is 18.4. The molecule has 3 heterocycles. The molecule has 3 fully saturated rings. The monoisotopic (exact) mass is 423 g/mol. The topological polar surface area (TPSA) is 62.3 Å². The fourth-order valence-electron chi connectivity index (χ4n) is 5.14. The number of benzene rings is 1. The van der Waals surface area contributed by atoms with Crippen LogP contribution in [-0.4, -0.2) is 95.2 Å². The van der Waals surface area contributed by atoms with Crippen LogP contribution in [0.25, 0.3) is 0 Å². The van der Waals surface area contributed by atoms with Crippen molar-refractivity contribution in [1.82, 2.24) is 14.1 Å². The summed E-state index contributed by atoms with van der Waals surface area (Å²) < 4.78 is 38.5. The molecule has 0 N–H and O–H groups in total. The Morgan fingerprint density at radius 2 is 1.90 bits per heavy atom. The molecule has 3 aliphatic heterocycles. The number of likely N-dealkylation sites (tertiary alicyclic amines) is 1. The van der Waals surface area contributed by atoms with Crippen LogP contribution in [0.5, 0.6) is 5.75 Å². The lowest BCUT2D eigenvalue weighted by atomic mass is 9.77. The Hall–Kier alpha value is -1.19. The quantitative estimate of drug-likeness (QED) is 0.715. The minimum Gasteiger partial charge on any atom is -0.497 e. The van der Waals surface area contributed by atoms with Crippen molar-refractivity contribution < 1.29 is 17.9 Å². The number of ether oxygens (including phenoxy) is 2. The molecule has 1 spiro atoms. The molecule has 0 bridgehead atoms. The second-order valence-electron chi connectivity index (χ2n) is 8.77. The van der Waals surface area contributed by atoms with Crippen LogP contribution in [0.3, 0.4) is 0 Å². The molecule has 1 aromatic carbocycles. The van der Waals surface area contributed by atoms with Gasteiger partial charge in [-0.05, 0) is 43.9 Å². The maximum Gasteiger partial charge on any atom is 0.243 e. The summed E-state index contributed by atoms with van der Waals surface area (Å²) in [6.45, 7) is 7.04. The molecule has 0 radical (unpaired) electrons. The van der Waals surface area contributed by atoms with Crippen molar-refractivity contribution in [3.63, 3.8) is 0 Å². The molecule has 1 atom stereocenters. The van der Waals surface area contributed by atoms with E-state index < -0.39 is 10.0 Å². The van der Waals surface area contributed by atoms with Gasteiger partial charge in [-0.3, -0.25) is 4.90 Å². The van der Waals surface area contributed by atoms with Gasteiger partial charge in [-0.25, -0.2) is 8.42 Å². The first-order valence-corrected chi connectivity index (χ1v) is 12.0. The minimum absolute atomic E-state index is 0.242. The summed E-state index contributed by atoms with van der Waals surface area (Å²) in [5.74, 6) is 0.572. The van der Waals surface area contributed by atoms with E-state index in [0.29, 0.717) is 29.8 Å². The van der Waals surface area contributed by atoms with Gasteiger partial charge in [0.2, 0.25) is 10.0 Å². The first-order valence-electron chi connectivity index (χ1n) is 10.6. The van der Waals surface area contributed by atoms with Crippen molar-refractivity contribution in [1.29, 1.82) is 0 Å². The SMILES string of the molecule is COc1cccc(S(=O)(=O)N2CCC3(CC2)CC(CN2CCOCC2)N(C)C3)c1. The molecule has 3 aliphatic rings. The highest BCUT2D eigenvalue weighted by Gasteiger charge is 2.46. The molecular weight excluding hydrogens is 390 g/mol. The van der Waals surface area contributed by atoms with E-state index in [1.807, 2.05) is 0 Å². The van der Waals surface area contributed by atoms with E-state index in [9.17, 15) is 8.42 Å². The number of likely N-dealkylation sites (N-methyl/N-ethyl adjacent to an activating group) is 1. The van der Waals surface area contributed by atoms with Gasteiger partial charge in [-0.1, -0.05) is 6.07 Å². The molecule has 0 saturated carbocycles. The largest absolute Gasteiger partial charge is 0.497 e. The standard InChI is InChI=1S/C21H33N3O4S/c1-22-17-21(15-18(22)16-23-10-12-28-13-11-23)6-8-24(9-7-21)29(25,26)20-5-3-4-19(14-20)27-2/h3-5,14,18H,6-13,15-17H2,1-2H3. The predicted octanol–water partition coefficient (Wildman–Crippen LogP) is 1.50. The van der Waals surface area contributed by atoms with Crippen molar-refractivity contribution in [3.8, 4) is 5.75 Å². The van der Waals surface area contributed by atoms with Crippen LogP contribution in [0, 0.1) is 5.41 Å². The van der Waals surface area contributed by atoms with Crippen molar-refractivity contribution in [2.75, 3.05) is 66.6 Å². The van der Waals surface area contributed by atoms with Gasteiger partial charge >= 0.3 is 0 Å². The summed E-state index contributed by atoms with van der Waals surface area (Å²) in [4.78, 5) is 5.31. The molecule has 1 unspecified atom stereocenters. The summed E-state index contributed by atoms with van der Waals surface area (Å²) >= 11 is 0. The normalized spacial score (nSPS) is 26.8. The Balaban J connectivity index is 1.38. The number of hydrogen-bond donors (Lipinski definition) is 0. The summed E-state index contributed by atoms with van der Waals surface area (Å²) in [5, 5.41) is 0. The molecule has 4 rings (SSSR count). The average Bonchev–Trinajstić information content (AvgIpc) is 3.03. The van der Waals surface area contributed by atoms with Crippen LogP contribution >= 0.6 is 0 Å². The van der Waals surface area contributed by atoms with Gasteiger partial charge < -0.3 is 14.4 Å². The number of methoxy groups -OCH3 is 1. The first-order chi connectivity index (χ1) is 13.9. The molecule has 0 aromatic heterocycles. The van der Waals surface area contributed by atoms with Crippen LogP contribution in [0.2, 0.25) is 0 Å². The van der Waals surface area contributed by atoms with Gasteiger partial charge in [0, 0.05) is 51.4 Å². The third-order valence-corrected chi connectivity index (χ3v) is 8.81. The maximum absolute atomic E-state index is 13.1. The van der Waals surface area contributed by atoms with Crippen LogP contribution < -0.4 is 4.74 Å². The number of rotatable bonds is 5. The Kier molecular flexibility index (Phi) is 6.18. The number of morpholine rings is 1. The molecule has 0 aliphatic carbocycles. The van der Waals surface area contributed by atoms with E-state index in [2.05, 4.69) is 16.8 Å². The van der Waals surface area contributed by atoms with Crippen molar-refractivity contribution in [3.05, 3.63) is 24.3 Å². The number of hydrogen-bond acceptors (Lipinski definition) is 6. The van der Waals surface area contributed by atoms with Crippen LogP contribution in [0.15, 0.2) is 29.2 Å². The zero-order valence-electron chi connectivity index (χ0n) is 17.5. The Morgan fingerprint density at radius 3 is 2.59 bits per heavy atom. The van der Waals surface area contributed by atoms with Crippen molar-refractivity contribution >= 4 is 10.0 Å². The summed E-state index contributed by atoms with van der Waals surface area (Å²) in [7, 11) is 0.304. The van der Waals surface area contributed by atoms with Gasteiger partial charge in [0.25, 0.3) is 0 Å². The molecule has 3 saturated heterocycles. The van der Waals surface area contributed by atoms with Crippen LogP contribution in [0.4, 0.5) is 0 Å². The summed E-state index contributed by atoms with van der Waals surface area (Å²) in [5.41, 5.74) is 0.242. The molecule has 162 valence electrons. The van der Waals surface area contributed by atoms with Gasteiger partial charge in [0.15, 0.2) is 0 Å². The second-order valence-corrected chi connectivity index (χ2v) is 10.7. The molecule has 0 amide bonds. The lowest BCUT2D eigenvalue weighted by Gasteiger charge is -2.38. The van der Waals surface area contributed by atoms with Gasteiger partial charge in [-0.15, -0.1) is 0 Å². The average molecular weight is 424 g/mol. The third kappa shape index (κ3) is 4.46. The smallest absolute Gasteiger partial charge is 0.243 e. The van der Waals surface area contributed by atoms with Gasteiger partial charge in [0.1, 0.15) is 5.75 Å². The lowest BCUT2D eigenvalue weighted by Crippen LogP contribution is -2.44. The Bertz CT molecular complexity index is 802. The zero-order chi connectivity index (χ0) is 20.5. The molecule has 8 heteroatoms. The van der Waals surface area contributed by atoms with Gasteiger partial charge in [-0.2, -0.15) is 4.31 Å². The van der Waals surface area contributed by atoms with Crippen molar-refractivity contribution in [2.45, 2.75) is 30.2 Å². The lowest BCUT2D eigenvalue weighted by molar-refractivity contribution is 0.0284. The van der Waals surface area contributed by atoms with E-state index in [0.717, 1.165) is 58.7 Å². The van der Waals surface area contributed by atoms with E-state index in [4.69, 9.17) is 9.47 Å². The summed E-state index contributed by atoms with van der Waals surface area (Å²) in [6, 6.07) is 7.33. The van der Waals surface area contributed by atoms with Crippen LogP contribution in [-0.2, 0) is 14.8 Å². The van der Waals surface area contributed by atoms with E-state index >= 15 is 0 Å². The summed E-state index contributed by atoms with van der Waals surface area (Å²) in [6.07, 6.45) is 3.02. The fourth-order valence-corrected chi connectivity index (χ4v) is 6.62. The Labute approximate surface area is 174 Å². The highest BCUT2D eigenvalue weighted by Crippen LogP contribution is 2.44. The predicted molar refractivity (Wildman–Crippen MR) is 112 cm³/mol. The second kappa shape index (κ2) is 8.51. The molecular formula is C21H33N3O4S. The highest BCUT2D eigenvalue weighted by atomic mass is 32.2. The minimum atomic E-state index is -3.47. The van der Waals surface area contributed by atoms with E-state index in [-0.39, 0.29) is 5.41 Å². The van der Waals surface area contributed by atoms with E-state index in [1.54, 1.807) is 35.7 Å². The highest BCUT2D eigenvalue weighted by molar-refractivity contribution is 7.89. The van der Waals surface area contributed by atoms with E-state index in [1.165, 1.54) is 0 Å². The fraction of sp³-hybridized carbons (Fsp3) is 0.714. The maximum atomic E-state index is 13.1. The number of nitrogens with zero attached hydrogens (tertiary/aromatic N) is 3. The van der Waals surface area contributed by atoms with Gasteiger partial charge in [0.05, 0.1) is 25.2 Å². The molecule has 29 heavy (non-hydrogen) atoms.